The topological polar surface area (TPSA) is 172 Å². The van der Waals surface area contributed by atoms with Crippen molar-refractivity contribution in [2.45, 2.75) is 81.6 Å². The van der Waals surface area contributed by atoms with Crippen LogP contribution in [0.25, 0.3) is 0 Å². The second-order valence-corrected chi connectivity index (χ2v) is 13.3. The van der Waals surface area contributed by atoms with E-state index < -0.39 is 10.7 Å². The molecule has 0 bridgehead atoms. The maximum absolute atomic E-state index is 12.5. The maximum atomic E-state index is 12.5. The molecule has 332 valence electrons. The lowest BCUT2D eigenvalue weighted by molar-refractivity contribution is -0.385. The Morgan fingerprint density at radius 1 is 0.586 bits per heavy atom. The van der Waals surface area contributed by atoms with Crippen LogP contribution in [-0.2, 0) is 0 Å². The van der Waals surface area contributed by atoms with Crippen molar-refractivity contribution < 1.29 is 14.2 Å². The average molecular weight is 859 g/mol. The summed E-state index contributed by atoms with van der Waals surface area (Å²) in [4.78, 5) is 27.1. The van der Waals surface area contributed by atoms with Crippen LogP contribution in [0.15, 0.2) is 54.6 Å². The Bertz CT molecular complexity index is 1530. The fraction of sp³-hybridized carbons (Fsp3) is 0.571. The molecule has 0 aliphatic heterocycles. The number of aryl methyl sites for hydroxylation is 3. The van der Waals surface area contributed by atoms with Gasteiger partial charge >= 0.3 is 0 Å². The smallest absolute Gasteiger partial charge is 0.269 e. The monoisotopic (exact) mass is 858 g/mol. The fourth-order valence-corrected chi connectivity index (χ4v) is 5.57. The minimum absolute atomic E-state index is 0. The number of rotatable bonds is 21. The molecule has 0 aliphatic carbocycles. The van der Waals surface area contributed by atoms with E-state index in [0.717, 1.165) is 120 Å². The van der Waals surface area contributed by atoms with E-state index in [2.05, 4.69) is 79.9 Å². The molecule has 0 fully saturated rings. The van der Waals surface area contributed by atoms with Gasteiger partial charge < -0.3 is 36.8 Å². The third-order valence-electron chi connectivity index (χ3n) is 9.32. The number of nitro benzene ring substituents is 2. The summed E-state index contributed by atoms with van der Waals surface area (Å²) in [5, 5.41) is 27.6. The highest BCUT2D eigenvalue weighted by atomic mass is 35.5. The number of non-ortho nitro benzene ring substituents is 2. The molecule has 0 heterocycles. The van der Waals surface area contributed by atoms with E-state index in [1.807, 2.05) is 19.1 Å². The lowest BCUT2D eigenvalue weighted by Crippen LogP contribution is -2.25. The van der Waals surface area contributed by atoms with Gasteiger partial charge in [0.15, 0.2) is 0 Å². The molecule has 13 nitrogen and oxygen atoms in total. The molecular weight excluding hydrogens is 784 g/mol. The quantitative estimate of drug-likeness (QED) is 0.0348. The van der Waals surface area contributed by atoms with Crippen LogP contribution in [0.4, 0.5) is 32.8 Å². The van der Waals surface area contributed by atoms with Crippen LogP contribution in [0, 0.1) is 46.8 Å². The number of nitrogen functional groups attached to an aromatic ring is 1. The predicted molar refractivity (Wildman–Crippen MR) is 249 cm³/mol. The van der Waals surface area contributed by atoms with Gasteiger partial charge in [0, 0.05) is 54.4 Å². The fourth-order valence-electron chi connectivity index (χ4n) is 5.57. The van der Waals surface area contributed by atoms with Crippen LogP contribution in [0.5, 0.6) is 0 Å². The molecule has 0 spiro atoms. The zero-order valence-corrected chi connectivity index (χ0v) is 38.2. The number of nitro groups is 2. The van der Waals surface area contributed by atoms with Gasteiger partial charge in [-0.2, -0.15) is 0 Å². The van der Waals surface area contributed by atoms with Crippen LogP contribution in [-0.4, -0.2) is 103 Å². The van der Waals surface area contributed by atoms with Crippen molar-refractivity contribution in [1.82, 2.24) is 14.7 Å². The third kappa shape index (κ3) is 25.5. The standard InChI is InChI=1S/C14H23N3O2.C14H25N3.C7H6FNO2.C7H18N2.2ClH/c1-4-16(5-2)10-6-9-15-14-8-7-13(17(18)19)11-12(14)3;1-4-17(5-2)10-6-9-16-14-8-7-13(15)11-12(14)3;1-5-4-6(9(10)11)2-3-7(5)8;1-3-9(4-2)7-5-6-8;;/h7-8,11,15H,4-6,9-10H2,1-3H3;7-8,11,16H,4-6,9-10,15H2,1-3H3;2-4H,1H3;3-8H2,1-2H3;2*1H. The van der Waals surface area contributed by atoms with Crippen molar-refractivity contribution in [2.75, 3.05) is 94.9 Å². The van der Waals surface area contributed by atoms with Gasteiger partial charge in [0.25, 0.3) is 11.4 Å². The summed E-state index contributed by atoms with van der Waals surface area (Å²) >= 11 is 0. The van der Waals surface area contributed by atoms with Gasteiger partial charge in [-0.15, -0.1) is 24.8 Å². The maximum Gasteiger partial charge on any atom is 0.269 e. The van der Waals surface area contributed by atoms with E-state index in [0.29, 0.717) is 5.56 Å². The second kappa shape index (κ2) is 35.2. The van der Waals surface area contributed by atoms with Crippen LogP contribution < -0.4 is 22.1 Å². The molecule has 16 heteroatoms. The summed E-state index contributed by atoms with van der Waals surface area (Å²) in [6, 6.07) is 14.4. The van der Waals surface area contributed by atoms with E-state index >= 15 is 0 Å². The molecule has 3 aromatic rings. The lowest BCUT2D eigenvalue weighted by Gasteiger charge is -2.18. The first-order valence-electron chi connectivity index (χ1n) is 20.1. The highest BCUT2D eigenvalue weighted by molar-refractivity contribution is 5.85. The molecule has 3 aromatic carbocycles. The van der Waals surface area contributed by atoms with Gasteiger partial charge in [0.1, 0.15) is 5.82 Å². The second-order valence-electron chi connectivity index (χ2n) is 13.3. The summed E-state index contributed by atoms with van der Waals surface area (Å²) in [6.45, 7) is 31.4. The predicted octanol–water partition coefficient (Wildman–Crippen LogP) is 9.33. The van der Waals surface area contributed by atoms with Gasteiger partial charge in [-0.3, -0.25) is 20.2 Å². The van der Waals surface area contributed by atoms with Crippen LogP contribution in [0.1, 0.15) is 77.5 Å². The number of anilines is 3. The summed E-state index contributed by atoms with van der Waals surface area (Å²) in [5.41, 5.74) is 16.6. The van der Waals surface area contributed by atoms with Crippen LogP contribution in [0.3, 0.4) is 0 Å². The Labute approximate surface area is 360 Å². The van der Waals surface area contributed by atoms with Crippen molar-refractivity contribution in [3.05, 3.63) is 97.3 Å². The van der Waals surface area contributed by atoms with Gasteiger partial charge in [-0.1, -0.05) is 41.5 Å². The largest absolute Gasteiger partial charge is 0.399 e. The van der Waals surface area contributed by atoms with Gasteiger partial charge in [0.2, 0.25) is 0 Å². The van der Waals surface area contributed by atoms with Crippen LogP contribution in [0.2, 0.25) is 0 Å². The van der Waals surface area contributed by atoms with Gasteiger partial charge in [-0.25, -0.2) is 4.39 Å². The summed E-state index contributed by atoms with van der Waals surface area (Å²) in [5.74, 6) is -0.421. The molecule has 58 heavy (non-hydrogen) atoms. The number of nitrogens with zero attached hydrogens (tertiary/aromatic N) is 5. The summed E-state index contributed by atoms with van der Waals surface area (Å²) in [7, 11) is 0. The molecule has 0 aromatic heterocycles. The molecule has 6 N–H and O–H groups in total. The van der Waals surface area contributed by atoms with E-state index in [4.69, 9.17) is 11.5 Å². The molecule has 0 radical (unpaired) electrons. The third-order valence-corrected chi connectivity index (χ3v) is 9.32. The highest BCUT2D eigenvalue weighted by Crippen LogP contribution is 2.21. The SMILES string of the molecule is CCN(CC)CCCN.CCN(CC)CCCNc1ccc(N)cc1C.CCN(CC)CCCNc1ccc([N+](=O)[O-])cc1C.Cc1cc([N+](=O)[O-])ccc1F.Cl.Cl. The first-order chi connectivity index (χ1) is 26.7. The normalized spacial score (nSPS) is 10.2. The van der Waals surface area contributed by atoms with E-state index in [-0.39, 0.29) is 41.1 Å². The molecular formula is C42H74Cl2FN9O4. The van der Waals surface area contributed by atoms with Crippen molar-refractivity contribution in [3.63, 3.8) is 0 Å². The van der Waals surface area contributed by atoms with Gasteiger partial charge in [0.05, 0.1) is 9.85 Å². The number of benzene rings is 3. The molecule has 0 saturated carbocycles. The van der Waals surface area contributed by atoms with Crippen molar-refractivity contribution in [1.29, 1.82) is 0 Å². The zero-order valence-electron chi connectivity index (χ0n) is 36.5. The van der Waals surface area contributed by atoms with Crippen molar-refractivity contribution in [2.24, 2.45) is 5.73 Å². The number of hydrogen-bond donors (Lipinski definition) is 4. The van der Waals surface area contributed by atoms with E-state index in [9.17, 15) is 24.6 Å². The first kappa shape index (κ1) is 58.5. The molecule has 0 amide bonds. The Hall–Kier alpha value is -3.79. The van der Waals surface area contributed by atoms with Gasteiger partial charge in [-0.05, 0) is 153 Å². The van der Waals surface area contributed by atoms with Crippen molar-refractivity contribution in [3.8, 4) is 0 Å². The minimum Gasteiger partial charge on any atom is -0.399 e. The minimum atomic E-state index is -0.549. The molecule has 0 atom stereocenters. The van der Waals surface area contributed by atoms with E-state index in [1.165, 1.54) is 30.7 Å². The molecule has 0 aliphatic rings. The Morgan fingerprint density at radius 3 is 1.29 bits per heavy atom. The van der Waals surface area contributed by atoms with Crippen molar-refractivity contribution >= 4 is 53.3 Å². The molecule has 3 rings (SSSR count). The Balaban J connectivity index is -0.000000715. The molecule has 0 saturated heterocycles. The number of halogens is 3. The Morgan fingerprint density at radius 2 is 0.948 bits per heavy atom. The van der Waals surface area contributed by atoms with E-state index in [1.54, 1.807) is 18.2 Å². The number of hydrogen-bond acceptors (Lipinski definition) is 11. The average Bonchev–Trinajstić information content (AvgIpc) is 3.18. The molecule has 0 unspecified atom stereocenters. The Kier molecular flexibility index (Phi) is 35.5. The lowest BCUT2D eigenvalue weighted by atomic mass is 10.2. The number of nitrogens with one attached hydrogen (secondary N) is 2. The summed E-state index contributed by atoms with van der Waals surface area (Å²) < 4.78 is 12.5. The summed E-state index contributed by atoms with van der Waals surface area (Å²) in [6.07, 6.45) is 3.37. The van der Waals surface area contributed by atoms with Crippen LogP contribution >= 0.6 is 24.8 Å². The zero-order chi connectivity index (χ0) is 42.5. The highest BCUT2D eigenvalue weighted by Gasteiger charge is 2.08. The number of nitrogens with two attached hydrogens (primary N) is 2. The first-order valence-corrected chi connectivity index (χ1v) is 20.1.